The van der Waals surface area contributed by atoms with Crippen molar-refractivity contribution in [2.45, 2.75) is 12.3 Å². The van der Waals surface area contributed by atoms with E-state index < -0.39 is 0 Å². The molecule has 0 saturated carbocycles. The summed E-state index contributed by atoms with van der Waals surface area (Å²) in [5, 5.41) is 0. The minimum atomic E-state index is 0.221. The molecule has 0 fully saturated rings. The highest BCUT2D eigenvalue weighted by atomic mass is 16.5. The lowest BCUT2D eigenvalue weighted by Gasteiger charge is -2.16. The average Bonchev–Trinajstić information content (AvgIpc) is 2.89. The third-order valence-electron chi connectivity index (χ3n) is 2.89. The van der Waals surface area contributed by atoms with Gasteiger partial charge in [0.2, 0.25) is 0 Å². The molecule has 17 heavy (non-hydrogen) atoms. The van der Waals surface area contributed by atoms with E-state index in [2.05, 4.69) is 11.8 Å². The second kappa shape index (κ2) is 5.55. The molecule has 1 heterocycles. The molecule has 0 aliphatic rings. The van der Waals surface area contributed by atoms with E-state index in [0.29, 0.717) is 0 Å². The molecule has 3 N–H and O–H groups in total. The Morgan fingerprint density at radius 2 is 2.06 bits per heavy atom. The van der Waals surface area contributed by atoms with Gasteiger partial charge in [-0.1, -0.05) is 18.2 Å². The quantitative estimate of drug-likeness (QED) is 0.857. The van der Waals surface area contributed by atoms with Crippen molar-refractivity contribution in [2.75, 3.05) is 13.7 Å². The lowest BCUT2D eigenvalue weighted by atomic mass is 9.92. The van der Waals surface area contributed by atoms with Gasteiger partial charge in [-0.05, 0) is 18.2 Å². The molecule has 90 valence electrons. The molecule has 0 aliphatic heterocycles. The Morgan fingerprint density at radius 1 is 1.24 bits per heavy atom. The smallest absolute Gasteiger partial charge is 0.122 e. The van der Waals surface area contributed by atoms with Crippen LogP contribution in [0.3, 0.4) is 0 Å². The van der Waals surface area contributed by atoms with Crippen LogP contribution in [0.1, 0.15) is 23.7 Å². The molecule has 3 nitrogen and oxygen atoms in total. The van der Waals surface area contributed by atoms with Crippen LogP contribution in [-0.4, -0.2) is 13.7 Å². The summed E-state index contributed by atoms with van der Waals surface area (Å²) in [7, 11) is 1.70. The van der Waals surface area contributed by atoms with Gasteiger partial charge in [-0.3, -0.25) is 0 Å². The summed E-state index contributed by atoms with van der Waals surface area (Å²) in [6, 6.07) is 12.0. The fourth-order valence-electron chi connectivity index (χ4n) is 2.10. The van der Waals surface area contributed by atoms with Crippen molar-refractivity contribution in [3.8, 4) is 5.75 Å². The maximum absolute atomic E-state index is 5.52. The number of ether oxygens (including phenoxy) is 1. The minimum Gasteiger partial charge on any atom is -0.496 e. The first kappa shape index (κ1) is 11.7. The van der Waals surface area contributed by atoms with E-state index in [1.807, 2.05) is 30.3 Å². The number of quaternary nitrogens is 1. The molecule has 1 aromatic heterocycles. The number of hydrogen-bond donors (Lipinski definition) is 1. The Bertz CT molecular complexity index is 451. The number of para-hydroxylation sites is 1. The van der Waals surface area contributed by atoms with Crippen molar-refractivity contribution in [3.63, 3.8) is 0 Å². The van der Waals surface area contributed by atoms with Crippen LogP contribution in [0.2, 0.25) is 0 Å². The highest BCUT2D eigenvalue weighted by Gasteiger charge is 2.20. The second-order valence-electron chi connectivity index (χ2n) is 3.95. The molecule has 0 saturated heterocycles. The lowest BCUT2D eigenvalue weighted by Crippen LogP contribution is -2.50. The van der Waals surface area contributed by atoms with E-state index in [-0.39, 0.29) is 5.92 Å². The van der Waals surface area contributed by atoms with Gasteiger partial charge in [0.05, 0.1) is 25.8 Å². The van der Waals surface area contributed by atoms with Crippen molar-refractivity contribution in [1.82, 2.24) is 0 Å². The van der Waals surface area contributed by atoms with E-state index >= 15 is 0 Å². The van der Waals surface area contributed by atoms with E-state index in [1.54, 1.807) is 13.4 Å². The molecule has 0 spiro atoms. The maximum atomic E-state index is 5.52. The molecule has 3 heteroatoms. The van der Waals surface area contributed by atoms with Crippen molar-refractivity contribution in [2.24, 2.45) is 0 Å². The predicted molar refractivity (Wildman–Crippen MR) is 65.9 cm³/mol. The molecule has 1 atom stereocenters. The molecule has 2 rings (SSSR count). The maximum Gasteiger partial charge on any atom is 0.122 e. The van der Waals surface area contributed by atoms with Gasteiger partial charge in [0.15, 0.2) is 0 Å². The van der Waals surface area contributed by atoms with Crippen LogP contribution in [0.5, 0.6) is 5.75 Å². The summed E-state index contributed by atoms with van der Waals surface area (Å²) < 4.78 is 10.9. The van der Waals surface area contributed by atoms with Gasteiger partial charge in [0.25, 0.3) is 0 Å². The van der Waals surface area contributed by atoms with Gasteiger partial charge in [-0.25, -0.2) is 0 Å². The van der Waals surface area contributed by atoms with Gasteiger partial charge in [0, 0.05) is 12.0 Å². The third-order valence-corrected chi connectivity index (χ3v) is 2.89. The molecule has 0 aliphatic carbocycles. The summed E-state index contributed by atoms with van der Waals surface area (Å²) in [6.45, 7) is 0.864. The molecule has 0 bridgehead atoms. The van der Waals surface area contributed by atoms with Crippen molar-refractivity contribution < 1.29 is 14.9 Å². The number of benzene rings is 1. The highest BCUT2D eigenvalue weighted by molar-refractivity contribution is 5.39. The van der Waals surface area contributed by atoms with Crippen LogP contribution >= 0.6 is 0 Å². The molecule has 1 aromatic carbocycles. The van der Waals surface area contributed by atoms with Crippen molar-refractivity contribution >= 4 is 0 Å². The molecular formula is C14H18NO2+. The Balaban J connectivity index is 2.39. The fourth-order valence-corrected chi connectivity index (χ4v) is 2.10. The zero-order valence-corrected chi connectivity index (χ0v) is 10.1. The third kappa shape index (κ3) is 2.50. The van der Waals surface area contributed by atoms with E-state index in [4.69, 9.17) is 9.15 Å². The van der Waals surface area contributed by atoms with Gasteiger partial charge in [-0.15, -0.1) is 0 Å². The fraction of sp³-hybridized carbons (Fsp3) is 0.286. The van der Waals surface area contributed by atoms with Crippen molar-refractivity contribution in [1.29, 1.82) is 0 Å². The van der Waals surface area contributed by atoms with Crippen LogP contribution in [-0.2, 0) is 0 Å². The van der Waals surface area contributed by atoms with Crippen LogP contribution in [0.25, 0.3) is 0 Å². The molecule has 2 aromatic rings. The summed E-state index contributed by atoms with van der Waals surface area (Å²) in [6.07, 6.45) is 2.66. The van der Waals surface area contributed by atoms with E-state index in [1.165, 1.54) is 0 Å². The Hall–Kier alpha value is -1.74. The Labute approximate surface area is 101 Å². The Kier molecular flexibility index (Phi) is 3.83. The van der Waals surface area contributed by atoms with Gasteiger partial charge in [-0.2, -0.15) is 0 Å². The van der Waals surface area contributed by atoms with E-state index in [9.17, 15) is 0 Å². The minimum absolute atomic E-state index is 0.221. The first-order valence-corrected chi connectivity index (χ1v) is 5.82. The summed E-state index contributed by atoms with van der Waals surface area (Å²) in [5.41, 5.74) is 5.09. The zero-order valence-electron chi connectivity index (χ0n) is 10.1. The number of furan rings is 1. The molecule has 0 radical (unpaired) electrons. The number of methoxy groups -OCH3 is 1. The van der Waals surface area contributed by atoms with Gasteiger partial charge < -0.3 is 14.9 Å². The van der Waals surface area contributed by atoms with Gasteiger partial charge >= 0.3 is 0 Å². The highest BCUT2D eigenvalue weighted by Crippen LogP contribution is 2.33. The van der Waals surface area contributed by atoms with Crippen LogP contribution in [0, 0.1) is 0 Å². The van der Waals surface area contributed by atoms with Crippen LogP contribution < -0.4 is 10.5 Å². The predicted octanol–water partition coefficient (Wildman–Crippen LogP) is 2.05. The van der Waals surface area contributed by atoms with E-state index in [0.717, 1.165) is 30.0 Å². The van der Waals surface area contributed by atoms with Crippen LogP contribution in [0.15, 0.2) is 47.1 Å². The lowest BCUT2D eigenvalue weighted by molar-refractivity contribution is -0.368. The first-order valence-electron chi connectivity index (χ1n) is 5.82. The average molecular weight is 232 g/mol. The number of hydrogen-bond acceptors (Lipinski definition) is 2. The Morgan fingerprint density at radius 3 is 2.71 bits per heavy atom. The molecule has 0 amide bonds. The van der Waals surface area contributed by atoms with Gasteiger partial charge in [0.1, 0.15) is 11.5 Å². The second-order valence-corrected chi connectivity index (χ2v) is 3.95. The standard InChI is InChI=1S/C14H17NO2/c1-16-13-6-3-2-5-11(13)12(8-9-15)14-7-4-10-17-14/h2-7,10,12H,8-9,15H2,1H3/p+1/t12-/m1/s1. The topological polar surface area (TPSA) is 50.0 Å². The zero-order chi connectivity index (χ0) is 12.1. The molecule has 0 unspecified atom stereocenters. The summed E-state index contributed by atoms with van der Waals surface area (Å²) >= 11 is 0. The number of rotatable bonds is 5. The monoisotopic (exact) mass is 232 g/mol. The SMILES string of the molecule is COc1ccccc1[C@@H](CC[NH3+])c1ccco1. The van der Waals surface area contributed by atoms with Crippen molar-refractivity contribution in [3.05, 3.63) is 54.0 Å². The molecular weight excluding hydrogens is 214 g/mol. The first-order chi connectivity index (χ1) is 8.36. The largest absolute Gasteiger partial charge is 0.496 e. The van der Waals surface area contributed by atoms with Crippen LogP contribution in [0.4, 0.5) is 0 Å². The summed E-state index contributed by atoms with van der Waals surface area (Å²) in [5.74, 6) is 2.10. The normalized spacial score (nSPS) is 12.4. The summed E-state index contributed by atoms with van der Waals surface area (Å²) in [4.78, 5) is 0.